The lowest BCUT2D eigenvalue weighted by molar-refractivity contribution is -0.159. The van der Waals surface area contributed by atoms with E-state index >= 15 is 0 Å². The number of Topliss-reactive ketones (excluding diaryl/α,β-unsaturated/α-hetero) is 1. The molecular formula is C59H79ClN6O13. The van der Waals surface area contributed by atoms with Crippen molar-refractivity contribution in [1.29, 1.82) is 0 Å². The van der Waals surface area contributed by atoms with Crippen molar-refractivity contribution in [2.45, 2.75) is 175 Å². The zero-order valence-corrected chi connectivity index (χ0v) is 48.5. The molecule has 2 aliphatic rings. The van der Waals surface area contributed by atoms with Gasteiger partial charge in [-0.15, -0.1) is 0 Å². The first-order valence-electron chi connectivity index (χ1n) is 26.5. The summed E-state index contributed by atoms with van der Waals surface area (Å²) in [5.74, 6) is -5.59. The monoisotopic (exact) mass is 1110 g/mol. The molecule has 0 saturated carbocycles. The van der Waals surface area contributed by atoms with E-state index in [9.17, 15) is 43.2 Å². The second-order valence-electron chi connectivity index (χ2n) is 22.6. The molecule has 2 aromatic carbocycles. The number of ketones is 1. The average molecular weight is 1120 g/mol. The van der Waals surface area contributed by atoms with Gasteiger partial charge in [-0.1, -0.05) is 65.7 Å². The van der Waals surface area contributed by atoms with Gasteiger partial charge in [-0.3, -0.25) is 33.6 Å². The number of carbonyl (C=O) groups excluding carboxylic acids is 9. The van der Waals surface area contributed by atoms with Crippen LogP contribution in [0.1, 0.15) is 138 Å². The highest BCUT2D eigenvalue weighted by Crippen LogP contribution is 2.33. The molecule has 19 nitrogen and oxygen atoms in total. The third-order valence-electron chi connectivity index (χ3n) is 12.3. The Bertz CT molecular complexity index is 2680. The number of hydrogen-bond acceptors (Lipinski definition) is 13. The summed E-state index contributed by atoms with van der Waals surface area (Å²) in [5, 5.41) is 14.2. The topological polar surface area (TPSA) is 254 Å². The van der Waals surface area contributed by atoms with Crippen molar-refractivity contribution in [2.75, 3.05) is 13.6 Å². The van der Waals surface area contributed by atoms with E-state index in [-0.39, 0.29) is 42.9 Å². The predicted molar refractivity (Wildman–Crippen MR) is 299 cm³/mol. The number of nitrogens with one attached hydrogen (secondary N) is 5. The molecule has 0 saturated heterocycles. The van der Waals surface area contributed by atoms with Gasteiger partial charge in [0.1, 0.15) is 46.7 Å². The largest absolute Gasteiger partial charge is 0.514 e. The maximum atomic E-state index is 14.8. The number of hydrogen-bond donors (Lipinski definition) is 5. The van der Waals surface area contributed by atoms with Crippen molar-refractivity contribution < 1.29 is 62.1 Å². The normalized spacial score (nSPS) is 16.3. The first-order valence-corrected chi connectivity index (χ1v) is 26.9. The molecule has 1 unspecified atom stereocenters. The zero-order valence-electron chi connectivity index (χ0n) is 47.8. The number of allylic oxidation sites excluding steroid dienone is 5. The number of carbonyl (C=O) groups is 9. The van der Waals surface area contributed by atoms with Crippen molar-refractivity contribution in [1.82, 2.24) is 31.5 Å². The van der Waals surface area contributed by atoms with Crippen LogP contribution in [0.25, 0.3) is 11.1 Å². The summed E-state index contributed by atoms with van der Waals surface area (Å²) in [7, 11) is 1.43. The maximum absolute atomic E-state index is 14.8. The minimum absolute atomic E-state index is 0.0863. The fourth-order valence-electron chi connectivity index (χ4n) is 8.20. The number of ether oxygens (including phenoxy) is 4. The second kappa shape index (κ2) is 28.6. The molecule has 0 bridgehead atoms. The van der Waals surface area contributed by atoms with Gasteiger partial charge >= 0.3 is 18.2 Å². The lowest BCUT2D eigenvalue weighted by atomic mass is 9.85. The molecule has 0 radical (unpaired) electrons. The molecule has 0 spiro atoms. The van der Waals surface area contributed by atoms with Gasteiger partial charge in [0.25, 0.3) is 5.91 Å². The number of benzene rings is 2. The molecule has 79 heavy (non-hydrogen) atoms. The predicted octanol–water partition coefficient (Wildman–Crippen LogP) is 8.50. The van der Waals surface area contributed by atoms with Crippen LogP contribution in [0.2, 0.25) is 5.02 Å². The minimum atomic E-state index is -1.42. The third kappa shape index (κ3) is 21.5. The number of rotatable bonds is 22. The van der Waals surface area contributed by atoms with Gasteiger partial charge in [-0.2, -0.15) is 0 Å². The Balaban J connectivity index is 1.62. The van der Waals surface area contributed by atoms with Crippen molar-refractivity contribution >= 4 is 65.1 Å². The molecule has 5 N–H and O–H groups in total. The summed E-state index contributed by atoms with van der Waals surface area (Å²) in [5.41, 5.74) is 0.245. The van der Waals surface area contributed by atoms with E-state index in [2.05, 4.69) is 26.6 Å². The van der Waals surface area contributed by atoms with Crippen molar-refractivity contribution in [3.8, 4) is 11.1 Å². The maximum Gasteiger partial charge on any atom is 0.514 e. The van der Waals surface area contributed by atoms with Gasteiger partial charge in [0.05, 0.1) is 12.0 Å². The number of likely N-dealkylation sites (N-methyl/N-ethyl adjacent to an activating group) is 1. The summed E-state index contributed by atoms with van der Waals surface area (Å²) in [6.45, 7) is 19.6. The van der Waals surface area contributed by atoms with Gasteiger partial charge < -0.3 is 50.4 Å². The van der Waals surface area contributed by atoms with E-state index in [0.717, 1.165) is 11.1 Å². The molecule has 430 valence electrons. The summed E-state index contributed by atoms with van der Waals surface area (Å²) >= 11 is 6.09. The van der Waals surface area contributed by atoms with Crippen LogP contribution in [-0.2, 0) is 47.7 Å². The summed E-state index contributed by atoms with van der Waals surface area (Å²) in [4.78, 5) is 124. The molecule has 6 atom stereocenters. The first kappa shape index (κ1) is 64.2. The standard InChI is InChI=1S/C59H79ClN6O13/c1-35(37(3)67)62-51(70)47(33-42-28-31-44(76-56(75)79-59(10,11)12)34-45(42)54(73)77-57(4,5)6)65-49(68)36(2)63-52(71)48(40-19-15-14-16-20-40)66(13)53(72)46(21-17-18-32-61-55(74)78-58(7,8)9)64-50(69)41-24-22-38(23-25-41)39-26-29-43(60)30-27-39/h15,19-20,22-31,35-36,45-48H,14,16-18,21,32-34H2,1-13H3,(H,61,74)(H,62,70)(H,63,71)(H,64,69)(H,65,68)/t35-,36-,45?,46-,47-,48-/m0/s1. The Morgan fingerprint density at radius 1 is 0.684 bits per heavy atom. The van der Waals surface area contributed by atoms with Crippen molar-refractivity contribution in [3.05, 3.63) is 106 Å². The van der Waals surface area contributed by atoms with E-state index in [1.807, 2.05) is 24.3 Å². The van der Waals surface area contributed by atoms with E-state index < -0.39 is 101 Å². The average Bonchev–Trinajstić information content (AvgIpc) is 3.38. The summed E-state index contributed by atoms with van der Waals surface area (Å²) in [6, 6.07) is 7.84. The number of nitrogens with zero attached hydrogens (tertiary/aromatic N) is 1. The van der Waals surface area contributed by atoms with Crippen molar-refractivity contribution in [2.24, 2.45) is 5.92 Å². The van der Waals surface area contributed by atoms with Crippen LogP contribution >= 0.6 is 11.6 Å². The molecule has 0 aromatic heterocycles. The Kier molecular flexibility index (Phi) is 23.2. The number of unbranched alkanes of at least 4 members (excludes halogenated alkanes) is 1. The lowest BCUT2D eigenvalue weighted by Crippen LogP contribution is -2.58. The van der Waals surface area contributed by atoms with Gasteiger partial charge in [-0.05, 0) is 169 Å². The molecule has 6 amide bonds. The van der Waals surface area contributed by atoms with E-state index in [1.165, 1.54) is 44.9 Å². The quantitative estimate of drug-likeness (QED) is 0.0422. The molecule has 2 aliphatic carbocycles. The fraction of sp³-hybridized carbons (Fsp3) is 0.508. The SMILES string of the molecule is CC(=O)[C@H](C)NC(=O)[C@H](CC1=CC=C(OC(=O)OC(C)(C)C)CC1C(=O)OC(C)(C)C)NC(=O)[C@H](C)NC(=O)[C@H](C1=CCCC=C1)N(C)C(=O)[C@H](CCCCNC(=O)OC(C)(C)C)NC(=O)c1ccc(-c2ccc(Cl)cc2)cc1. The molecule has 4 rings (SSSR count). The molecular weight excluding hydrogens is 1040 g/mol. The summed E-state index contributed by atoms with van der Waals surface area (Å²) in [6.07, 6.45) is 8.38. The molecule has 0 fully saturated rings. The van der Waals surface area contributed by atoms with Crippen LogP contribution in [0.4, 0.5) is 9.59 Å². The lowest BCUT2D eigenvalue weighted by Gasteiger charge is -2.33. The zero-order chi connectivity index (χ0) is 59.0. The van der Waals surface area contributed by atoms with E-state index in [0.29, 0.717) is 41.9 Å². The van der Waals surface area contributed by atoms with Gasteiger partial charge in [0.15, 0.2) is 5.78 Å². The fourth-order valence-corrected chi connectivity index (χ4v) is 8.32. The number of esters is 1. The van der Waals surface area contributed by atoms with Crippen LogP contribution in [0, 0.1) is 5.92 Å². The smallest absolute Gasteiger partial charge is 0.459 e. The van der Waals surface area contributed by atoms with Crippen LogP contribution in [0.3, 0.4) is 0 Å². The number of amides is 6. The highest BCUT2D eigenvalue weighted by atomic mass is 35.5. The number of halogens is 1. The molecule has 0 aliphatic heterocycles. The molecule has 0 heterocycles. The van der Waals surface area contributed by atoms with Gasteiger partial charge in [-0.25, -0.2) is 9.59 Å². The summed E-state index contributed by atoms with van der Waals surface area (Å²) < 4.78 is 21.8. The van der Waals surface area contributed by atoms with E-state index in [4.69, 9.17) is 30.5 Å². The Labute approximate surface area is 469 Å². The Morgan fingerprint density at radius 3 is 1.85 bits per heavy atom. The van der Waals surface area contributed by atoms with Gasteiger partial charge in [0.2, 0.25) is 23.6 Å². The van der Waals surface area contributed by atoms with Crippen molar-refractivity contribution in [3.63, 3.8) is 0 Å². The van der Waals surface area contributed by atoms with Crippen LogP contribution in [0.5, 0.6) is 0 Å². The second-order valence-corrected chi connectivity index (χ2v) is 23.1. The highest BCUT2D eigenvalue weighted by Gasteiger charge is 2.38. The molecule has 20 heteroatoms. The Morgan fingerprint density at radius 2 is 1.28 bits per heavy atom. The van der Waals surface area contributed by atoms with Crippen LogP contribution in [0.15, 0.2) is 95.8 Å². The van der Waals surface area contributed by atoms with Crippen LogP contribution < -0.4 is 26.6 Å². The third-order valence-corrected chi connectivity index (χ3v) is 12.5. The first-order chi connectivity index (χ1) is 36.8. The number of alkyl carbamates (subject to hydrolysis) is 1. The highest BCUT2D eigenvalue weighted by molar-refractivity contribution is 6.30. The van der Waals surface area contributed by atoms with E-state index in [1.54, 1.807) is 105 Å². The Hall–Kier alpha value is -7.28. The molecule has 2 aromatic rings. The van der Waals surface area contributed by atoms with Crippen LogP contribution in [-0.4, -0.2) is 119 Å². The van der Waals surface area contributed by atoms with Gasteiger partial charge in [0, 0.05) is 30.6 Å². The minimum Gasteiger partial charge on any atom is -0.459 e.